The van der Waals surface area contributed by atoms with E-state index in [0.717, 1.165) is 10.1 Å². The summed E-state index contributed by atoms with van der Waals surface area (Å²) in [5.74, 6) is 1.29. The Morgan fingerprint density at radius 3 is 2.58 bits per heavy atom. The SMILES string of the molecule is CCOc1ccccc1NC(=O)Cc1csc(SCC(=O)Nc2ccc(OC)cc2)n1. The Labute approximate surface area is 189 Å². The number of aromatic nitrogens is 1. The van der Waals surface area contributed by atoms with Crippen LogP contribution in [0.4, 0.5) is 11.4 Å². The first-order valence-corrected chi connectivity index (χ1v) is 11.5. The molecule has 0 atom stereocenters. The van der Waals surface area contributed by atoms with Crippen LogP contribution in [0, 0.1) is 0 Å². The lowest BCUT2D eigenvalue weighted by Crippen LogP contribution is -2.15. The standard InChI is InChI=1S/C22H23N3O4S2/c1-3-29-19-7-5-4-6-18(19)25-20(26)12-16-13-30-22(24-16)31-14-21(27)23-15-8-10-17(28-2)11-9-15/h4-11,13H,3,12,14H2,1-2H3,(H,23,27)(H,25,26). The molecule has 162 valence electrons. The predicted octanol–water partition coefficient (Wildman–Crippen LogP) is 4.46. The number of rotatable bonds is 10. The lowest BCUT2D eigenvalue weighted by molar-refractivity contribution is -0.116. The number of carbonyl (C=O) groups is 2. The van der Waals surface area contributed by atoms with Crippen LogP contribution in [0.15, 0.2) is 58.3 Å². The first-order valence-electron chi connectivity index (χ1n) is 9.60. The molecule has 0 aliphatic carbocycles. The molecule has 0 aliphatic rings. The zero-order valence-corrected chi connectivity index (χ0v) is 18.8. The van der Waals surface area contributed by atoms with E-state index in [1.54, 1.807) is 37.4 Å². The zero-order valence-electron chi connectivity index (χ0n) is 17.2. The van der Waals surface area contributed by atoms with Gasteiger partial charge in [-0.25, -0.2) is 4.98 Å². The largest absolute Gasteiger partial charge is 0.497 e. The van der Waals surface area contributed by atoms with E-state index in [9.17, 15) is 9.59 Å². The molecule has 2 amide bonds. The first-order chi connectivity index (χ1) is 15.1. The van der Waals surface area contributed by atoms with E-state index in [1.165, 1.54) is 23.1 Å². The molecule has 2 N–H and O–H groups in total. The maximum Gasteiger partial charge on any atom is 0.234 e. The Balaban J connectivity index is 1.47. The van der Waals surface area contributed by atoms with Crippen LogP contribution in [0.5, 0.6) is 11.5 Å². The summed E-state index contributed by atoms with van der Waals surface area (Å²) in [6.07, 6.45) is 0.148. The Morgan fingerprint density at radius 2 is 1.84 bits per heavy atom. The molecule has 3 rings (SSSR count). The Hall–Kier alpha value is -3.04. The third-order valence-corrected chi connectivity index (χ3v) is 6.10. The van der Waals surface area contributed by atoms with Crippen molar-refractivity contribution in [3.8, 4) is 11.5 Å². The second kappa shape index (κ2) is 11.4. The van der Waals surface area contributed by atoms with Crippen LogP contribution in [-0.4, -0.2) is 36.3 Å². The van der Waals surface area contributed by atoms with Gasteiger partial charge >= 0.3 is 0 Å². The number of benzene rings is 2. The highest BCUT2D eigenvalue weighted by molar-refractivity contribution is 8.01. The summed E-state index contributed by atoms with van der Waals surface area (Å²) in [6, 6.07) is 14.4. The third kappa shape index (κ3) is 7.01. The Morgan fingerprint density at radius 1 is 1.06 bits per heavy atom. The van der Waals surface area contributed by atoms with Gasteiger partial charge in [0.25, 0.3) is 0 Å². The molecule has 0 aliphatic heterocycles. The number of amides is 2. The molecule has 0 spiro atoms. The van der Waals surface area contributed by atoms with E-state index >= 15 is 0 Å². The number of thiazole rings is 1. The molecule has 2 aromatic carbocycles. The number of para-hydroxylation sites is 2. The van der Waals surface area contributed by atoms with E-state index in [4.69, 9.17) is 9.47 Å². The number of thioether (sulfide) groups is 1. The summed E-state index contributed by atoms with van der Waals surface area (Å²) in [7, 11) is 1.59. The number of hydrogen-bond donors (Lipinski definition) is 2. The number of carbonyl (C=O) groups excluding carboxylic acids is 2. The highest BCUT2D eigenvalue weighted by Gasteiger charge is 2.12. The van der Waals surface area contributed by atoms with Crippen molar-refractivity contribution in [2.24, 2.45) is 0 Å². The van der Waals surface area contributed by atoms with E-state index in [0.29, 0.717) is 29.4 Å². The van der Waals surface area contributed by atoms with Crippen LogP contribution in [0.25, 0.3) is 0 Å². The summed E-state index contributed by atoms with van der Waals surface area (Å²) >= 11 is 2.75. The van der Waals surface area contributed by atoms with Crippen molar-refractivity contribution in [2.45, 2.75) is 17.7 Å². The molecule has 9 heteroatoms. The number of methoxy groups -OCH3 is 1. The minimum atomic E-state index is -0.175. The summed E-state index contributed by atoms with van der Waals surface area (Å²) in [4.78, 5) is 29.0. The summed E-state index contributed by atoms with van der Waals surface area (Å²) < 4.78 is 11.4. The molecule has 7 nitrogen and oxygen atoms in total. The van der Waals surface area contributed by atoms with Gasteiger partial charge in [-0.15, -0.1) is 11.3 Å². The molecule has 0 radical (unpaired) electrons. The molecule has 0 unspecified atom stereocenters. The monoisotopic (exact) mass is 457 g/mol. The van der Waals surface area contributed by atoms with Gasteiger partial charge in [0.2, 0.25) is 11.8 Å². The Kier molecular flexibility index (Phi) is 8.31. The van der Waals surface area contributed by atoms with Crippen LogP contribution in [0.3, 0.4) is 0 Å². The minimum absolute atomic E-state index is 0.128. The first kappa shape index (κ1) is 22.6. The van der Waals surface area contributed by atoms with E-state index in [2.05, 4.69) is 15.6 Å². The third-order valence-electron chi connectivity index (χ3n) is 4.03. The molecule has 0 saturated carbocycles. The van der Waals surface area contributed by atoms with E-state index < -0.39 is 0 Å². The van der Waals surface area contributed by atoms with E-state index in [1.807, 2.05) is 30.5 Å². The summed E-state index contributed by atoms with van der Waals surface area (Å²) in [6.45, 7) is 2.41. The van der Waals surface area contributed by atoms with Gasteiger partial charge in [-0.1, -0.05) is 23.9 Å². The van der Waals surface area contributed by atoms with Crippen molar-refractivity contribution in [3.63, 3.8) is 0 Å². The van der Waals surface area contributed by atoms with Gasteiger partial charge in [0, 0.05) is 11.1 Å². The average Bonchev–Trinajstić information content (AvgIpc) is 3.21. The minimum Gasteiger partial charge on any atom is -0.497 e. The van der Waals surface area contributed by atoms with Crippen LogP contribution < -0.4 is 20.1 Å². The number of ether oxygens (including phenoxy) is 2. The highest BCUT2D eigenvalue weighted by Crippen LogP contribution is 2.25. The molecule has 0 fully saturated rings. The number of anilines is 2. The van der Waals surface area contributed by atoms with Gasteiger partial charge in [-0.05, 0) is 43.3 Å². The molecule has 0 saturated heterocycles. The fourth-order valence-electron chi connectivity index (χ4n) is 2.64. The summed E-state index contributed by atoms with van der Waals surface area (Å²) in [5.41, 5.74) is 2.00. The molecular formula is C22H23N3O4S2. The van der Waals surface area contributed by atoms with Gasteiger partial charge in [0.05, 0.1) is 37.3 Å². The van der Waals surface area contributed by atoms with Crippen molar-refractivity contribution >= 4 is 46.3 Å². The number of nitrogens with one attached hydrogen (secondary N) is 2. The van der Waals surface area contributed by atoms with Gasteiger partial charge in [-0.3, -0.25) is 9.59 Å². The predicted molar refractivity (Wildman–Crippen MR) is 124 cm³/mol. The molecular weight excluding hydrogens is 434 g/mol. The smallest absolute Gasteiger partial charge is 0.234 e. The molecule has 0 bridgehead atoms. The van der Waals surface area contributed by atoms with Crippen molar-refractivity contribution < 1.29 is 19.1 Å². The van der Waals surface area contributed by atoms with Crippen LogP contribution in [-0.2, 0) is 16.0 Å². The van der Waals surface area contributed by atoms with Crippen LogP contribution in [0.2, 0.25) is 0 Å². The number of hydrogen-bond acceptors (Lipinski definition) is 7. The van der Waals surface area contributed by atoms with Crippen molar-refractivity contribution in [1.82, 2.24) is 4.98 Å². The normalized spacial score (nSPS) is 10.4. The highest BCUT2D eigenvalue weighted by atomic mass is 32.2. The maximum absolute atomic E-state index is 12.4. The Bertz CT molecular complexity index is 1020. The number of nitrogens with zero attached hydrogens (tertiary/aromatic N) is 1. The molecule has 1 aromatic heterocycles. The fourth-order valence-corrected chi connectivity index (χ4v) is 4.29. The zero-order chi connectivity index (χ0) is 22.1. The molecule has 1 heterocycles. The van der Waals surface area contributed by atoms with Crippen molar-refractivity contribution in [3.05, 3.63) is 59.6 Å². The maximum atomic E-state index is 12.4. The lowest BCUT2D eigenvalue weighted by atomic mass is 10.2. The fraction of sp³-hybridized carbons (Fsp3) is 0.227. The lowest BCUT2D eigenvalue weighted by Gasteiger charge is -2.10. The average molecular weight is 458 g/mol. The van der Waals surface area contributed by atoms with Gasteiger partial charge < -0.3 is 20.1 Å². The second-order valence-corrected chi connectivity index (χ2v) is 8.40. The van der Waals surface area contributed by atoms with Gasteiger partial charge in [0.1, 0.15) is 11.5 Å². The quantitative estimate of drug-likeness (QED) is 0.437. The van der Waals surface area contributed by atoms with Crippen LogP contribution in [0.1, 0.15) is 12.6 Å². The van der Waals surface area contributed by atoms with Crippen molar-refractivity contribution in [1.29, 1.82) is 0 Å². The molecule has 31 heavy (non-hydrogen) atoms. The molecule has 3 aromatic rings. The van der Waals surface area contributed by atoms with Gasteiger partial charge in [-0.2, -0.15) is 0 Å². The van der Waals surface area contributed by atoms with E-state index in [-0.39, 0.29) is 24.0 Å². The van der Waals surface area contributed by atoms with Crippen molar-refractivity contribution in [2.75, 3.05) is 30.1 Å². The van der Waals surface area contributed by atoms with Gasteiger partial charge in [0.15, 0.2) is 4.34 Å². The topological polar surface area (TPSA) is 89.5 Å². The summed E-state index contributed by atoms with van der Waals surface area (Å²) in [5, 5.41) is 7.52. The second-order valence-electron chi connectivity index (χ2n) is 6.32. The van der Waals surface area contributed by atoms with Crippen LogP contribution >= 0.6 is 23.1 Å².